The van der Waals surface area contributed by atoms with E-state index in [0.29, 0.717) is 9.13 Å². The molecule has 0 unspecified atom stereocenters. The summed E-state index contributed by atoms with van der Waals surface area (Å²) >= 11 is 7.29. The molecule has 1 aromatic carbocycles. The van der Waals surface area contributed by atoms with Gasteiger partial charge in [0, 0.05) is 3.57 Å². The third kappa shape index (κ3) is 2.20. The highest BCUT2D eigenvalue weighted by Crippen LogP contribution is 2.20. The van der Waals surface area contributed by atoms with E-state index < -0.39 is 5.82 Å². The summed E-state index contributed by atoms with van der Waals surface area (Å²) < 4.78 is 14.0. The number of aryl methyl sites for hydroxylation is 1. The number of carbonyl (C=O) groups is 1. The lowest BCUT2D eigenvalue weighted by Crippen LogP contribution is -2.07. The summed E-state index contributed by atoms with van der Waals surface area (Å²) in [4.78, 5) is 11.2. The minimum absolute atomic E-state index is 0.107. The van der Waals surface area contributed by atoms with Gasteiger partial charge in [-0.25, -0.2) is 4.39 Å². The minimum atomic E-state index is -0.461. The molecule has 0 saturated heterocycles. The number of Topliss-reactive ketones (excluding diaryl/α,β-unsaturated/α-hetero) is 1. The lowest BCUT2D eigenvalue weighted by molar-refractivity contribution is 0.101. The number of halogens is 3. The maximum absolute atomic E-state index is 13.4. The Labute approximate surface area is 94.4 Å². The lowest BCUT2D eigenvalue weighted by Gasteiger charge is -2.05. The van der Waals surface area contributed by atoms with Crippen LogP contribution in [0.1, 0.15) is 15.9 Å². The van der Waals surface area contributed by atoms with Gasteiger partial charge in [0.15, 0.2) is 5.78 Å². The van der Waals surface area contributed by atoms with Crippen LogP contribution in [0.25, 0.3) is 0 Å². The highest BCUT2D eigenvalue weighted by Gasteiger charge is 2.15. The molecule has 0 fully saturated rings. The Morgan fingerprint density at radius 2 is 2.23 bits per heavy atom. The highest BCUT2D eigenvalue weighted by atomic mass is 127. The molecule has 0 radical (unpaired) electrons. The van der Waals surface area contributed by atoms with Crippen molar-refractivity contribution in [2.45, 2.75) is 6.92 Å². The van der Waals surface area contributed by atoms with Gasteiger partial charge in [0.05, 0.1) is 11.4 Å². The average molecular weight is 313 g/mol. The van der Waals surface area contributed by atoms with Gasteiger partial charge in [-0.2, -0.15) is 0 Å². The molecule has 70 valence electrons. The van der Waals surface area contributed by atoms with Crippen molar-refractivity contribution in [2.24, 2.45) is 0 Å². The molecule has 0 aliphatic carbocycles. The molecule has 0 N–H and O–H groups in total. The topological polar surface area (TPSA) is 17.1 Å². The Bertz CT molecular complexity index is 352. The third-order valence-corrected chi connectivity index (χ3v) is 2.83. The molecule has 0 aliphatic heterocycles. The quantitative estimate of drug-likeness (QED) is 0.466. The van der Waals surface area contributed by atoms with Crippen LogP contribution in [0, 0.1) is 16.3 Å². The average Bonchev–Trinajstić information content (AvgIpc) is 2.12. The molecule has 4 heteroatoms. The number of ketones is 1. The summed E-state index contributed by atoms with van der Waals surface area (Å²) in [6.07, 6.45) is 0. The van der Waals surface area contributed by atoms with Crippen molar-refractivity contribution in [1.82, 2.24) is 0 Å². The van der Waals surface area contributed by atoms with Gasteiger partial charge in [-0.15, -0.1) is 11.6 Å². The van der Waals surface area contributed by atoms with Gasteiger partial charge in [0.2, 0.25) is 0 Å². The zero-order chi connectivity index (χ0) is 10.0. The first-order valence-electron chi connectivity index (χ1n) is 3.61. The van der Waals surface area contributed by atoms with Crippen molar-refractivity contribution in [2.75, 3.05) is 5.88 Å². The molecule has 0 spiro atoms. The number of rotatable bonds is 2. The van der Waals surface area contributed by atoms with E-state index in [1.165, 1.54) is 0 Å². The van der Waals surface area contributed by atoms with Crippen molar-refractivity contribution >= 4 is 40.0 Å². The second kappa shape index (κ2) is 4.37. The van der Waals surface area contributed by atoms with Gasteiger partial charge in [-0.1, -0.05) is 6.07 Å². The first-order chi connectivity index (χ1) is 6.07. The van der Waals surface area contributed by atoms with Crippen molar-refractivity contribution < 1.29 is 9.18 Å². The first-order valence-corrected chi connectivity index (χ1v) is 5.23. The third-order valence-electron chi connectivity index (χ3n) is 1.68. The predicted molar refractivity (Wildman–Crippen MR) is 58.9 cm³/mol. The fourth-order valence-corrected chi connectivity index (χ4v) is 1.83. The molecule has 1 aromatic rings. The minimum Gasteiger partial charge on any atom is -0.293 e. The normalized spacial score (nSPS) is 10.2. The molecule has 13 heavy (non-hydrogen) atoms. The second-order valence-corrected chi connectivity index (χ2v) is 4.04. The molecule has 0 amide bonds. The van der Waals surface area contributed by atoms with Crippen molar-refractivity contribution in [1.29, 1.82) is 0 Å². The predicted octanol–water partition coefficient (Wildman–Crippen LogP) is 3.16. The van der Waals surface area contributed by atoms with Crippen LogP contribution < -0.4 is 0 Å². The molecule has 0 aliphatic rings. The number of benzene rings is 1. The van der Waals surface area contributed by atoms with Gasteiger partial charge in [0.25, 0.3) is 0 Å². The lowest BCUT2D eigenvalue weighted by atomic mass is 10.1. The number of hydrogen-bond acceptors (Lipinski definition) is 1. The summed E-state index contributed by atoms with van der Waals surface area (Å²) in [5.74, 6) is -1.01. The van der Waals surface area contributed by atoms with E-state index in [1.807, 2.05) is 22.6 Å². The SMILES string of the molecule is Cc1ccc(I)c(C(=O)CCl)c1F. The van der Waals surface area contributed by atoms with Crippen LogP contribution in [0.5, 0.6) is 0 Å². The van der Waals surface area contributed by atoms with E-state index in [0.717, 1.165) is 0 Å². The van der Waals surface area contributed by atoms with E-state index in [1.54, 1.807) is 19.1 Å². The zero-order valence-electron chi connectivity index (χ0n) is 6.90. The van der Waals surface area contributed by atoms with Gasteiger partial charge < -0.3 is 0 Å². The number of carbonyl (C=O) groups excluding carboxylic acids is 1. The van der Waals surface area contributed by atoms with Gasteiger partial charge >= 0.3 is 0 Å². The maximum atomic E-state index is 13.4. The van der Waals surface area contributed by atoms with Crippen LogP contribution in [0.2, 0.25) is 0 Å². The van der Waals surface area contributed by atoms with Crippen LogP contribution in [-0.2, 0) is 0 Å². The molecule has 0 bridgehead atoms. The summed E-state index contributed by atoms with van der Waals surface area (Å²) in [5, 5.41) is 0. The van der Waals surface area contributed by atoms with Gasteiger partial charge in [0.1, 0.15) is 5.82 Å². The fraction of sp³-hybridized carbons (Fsp3) is 0.222. The fourth-order valence-electron chi connectivity index (χ4n) is 0.979. The Kier molecular flexibility index (Phi) is 3.67. The number of hydrogen-bond donors (Lipinski definition) is 0. The van der Waals surface area contributed by atoms with Crippen molar-refractivity contribution in [3.63, 3.8) is 0 Å². The molecule has 0 heterocycles. The van der Waals surface area contributed by atoms with E-state index in [2.05, 4.69) is 0 Å². The van der Waals surface area contributed by atoms with Crippen LogP contribution in [0.15, 0.2) is 12.1 Å². The van der Waals surface area contributed by atoms with Gasteiger partial charge in [-0.3, -0.25) is 4.79 Å². The smallest absolute Gasteiger partial charge is 0.181 e. The van der Waals surface area contributed by atoms with Crippen LogP contribution in [0.4, 0.5) is 4.39 Å². The molecule has 0 saturated carbocycles. The van der Waals surface area contributed by atoms with Gasteiger partial charge in [-0.05, 0) is 41.1 Å². The molecular formula is C9H7ClFIO. The zero-order valence-corrected chi connectivity index (χ0v) is 9.82. The van der Waals surface area contributed by atoms with E-state index >= 15 is 0 Å². The molecule has 1 nitrogen and oxygen atoms in total. The molecular weight excluding hydrogens is 305 g/mol. The molecule has 0 aromatic heterocycles. The van der Waals surface area contributed by atoms with Crippen LogP contribution in [0.3, 0.4) is 0 Å². The summed E-state index contributed by atoms with van der Waals surface area (Å²) in [7, 11) is 0. The maximum Gasteiger partial charge on any atom is 0.181 e. The Morgan fingerprint density at radius 3 is 2.77 bits per heavy atom. The Hall–Kier alpha value is -0.160. The molecule has 0 atom stereocenters. The van der Waals surface area contributed by atoms with E-state index in [-0.39, 0.29) is 17.2 Å². The van der Waals surface area contributed by atoms with Crippen molar-refractivity contribution in [3.8, 4) is 0 Å². The Morgan fingerprint density at radius 1 is 1.62 bits per heavy atom. The van der Waals surface area contributed by atoms with Crippen molar-refractivity contribution in [3.05, 3.63) is 32.6 Å². The first kappa shape index (κ1) is 10.9. The van der Waals surface area contributed by atoms with E-state index in [9.17, 15) is 9.18 Å². The Balaban J connectivity index is 3.33. The second-order valence-electron chi connectivity index (χ2n) is 2.61. The summed E-state index contributed by atoms with van der Waals surface area (Å²) in [6, 6.07) is 3.35. The standard InChI is InChI=1S/C9H7ClFIO/c1-5-2-3-6(12)8(9(5)11)7(13)4-10/h2-3H,4H2,1H3. The summed E-state index contributed by atoms with van der Waals surface area (Å²) in [6.45, 7) is 1.62. The van der Waals surface area contributed by atoms with Crippen LogP contribution >= 0.6 is 34.2 Å². The summed E-state index contributed by atoms with van der Waals surface area (Å²) in [5.41, 5.74) is 0.574. The number of alkyl halides is 1. The van der Waals surface area contributed by atoms with Crippen LogP contribution in [-0.4, -0.2) is 11.7 Å². The monoisotopic (exact) mass is 312 g/mol. The largest absolute Gasteiger partial charge is 0.293 e. The highest BCUT2D eigenvalue weighted by molar-refractivity contribution is 14.1. The van der Waals surface area contributed by atoms with E-state index in [4.69, 9.17) is 11.6 Å². The molecule has 1 rings (SSSR count).